The van der Waals surface area contributed by atoms with Crippen LogP contribution in [0.3, 0.4) is 0 Å². The third-order valence-corrected chi connectivity index (χ3v) is 7.48. The minimum Gasteiger partial charge on any atom is -0.463 e. The number of esters is 1. The predicted octanol–water partition coefficient (Wildman–Crippen LogP) is 2.33. The Morgan fingerprint density at radius 3 is 2.45 bits per heavy atom. The summed E-state index contributed by atoms with van der Waals surface area (Å²) < 4.78 is 5.22. The fraction of sp³-hybridized carbons (Fsp3) is 0.941. The number of hydrogen-bond donors (Lipinski definition) is 1. The molecule has 9 unspecified atom stereocenters. The monoisotopic (exact) mass is 278 g/mol. The van der Waals surface area contributed by atoms with Gasteiger partial charge in [-0.25, -0.2) is 0 Å². The number of ether oxygens (including phenoxy) is 1. The maximum absolute atomic E-state index is 12.2. The van der Waals surface area contributed by atoms with E-state index in [4.69, 9.17) is 9.84 Å². The van der Waals surface area contributed by atoms with Gasteiger partial charge in [-0.2, -0.15) is 0 Å². The molecule has 9 atom stereocenters. The van der Waals surface area contributed by atoms with Gasteiger partial charge in [0.2, 0.25) is 0 Å². The number of carbonyl (C=O) groups excluding carboxylic acids is 1. The highest BCUT2D eigenvalue weighted by Gasteiger charge is 2.66. The van der Waals surface area contributed by atoms with Gasteiger partial charge < -0.3 is 9.84 Å². The van der Waals surface area contributed by atoms with Gasteiger partial charge in [-0.05, 0) is 66.6 Å². The van der Waals surface area contributed by atoms with Crippen molar-refractivity contribution in [3.8, 4) is 0 Å². The third-order valence-electron chi connectivity index (χ3n) is 7.48. The molecule has 4 aliphatic carbocycles. The summed E-state index contributed by atoms with van der Waals surface area (Å²) in [7, 11) is 0. The zero-order valence-corrected chi connectivity index (χ0v) is 12.5. The Bertz CT molecular complexity index is 420. The summed E-state index contributed by atoms with van der Waals surface area (Å²) in [6, 6.07) is 0. The van der Waals surface area contributed by atoms with Crippen molar-refractivity contribution in [2.75, 3.05) is 13.2 Å². The molecule has 3 heteroatoms. The molecule has 112 valence electrons. The van der Waals surface area contributed by atoms with Gasteiger partial charge in [0, 0.05) is 0 Å². The molecule has 0 aromatic heterocycles. The van der Waals surface area contributed by atoms with Gasteiger partial charge >= 0.3 is 5.97 Å². The van der Waals surface area contributed by atoms with Crippen LogP contribution < -0.4 is 0 Å². The van der Waals surface area contributed by atoms with E-state index < -0.39 is 0 Å². The number of rotatable bonds is 3. The molecule has 1 N–H and O–H groups in total. The van der Waals surface area contributed by atoms with Gasteiger partial charge in [-0.3, -0.25) is 4.79 Å². The molecule has 3 nitrogen and oxygen atoms in total. The van der Waals surface area contributed by atoms with Crippen LogP contribution in [0.4, 0.5) is 0 Å². The molecule has 0 amide bonds. The summed E-state index contributed by atoms with van der Waals surface area (Å²) in [5.41, 5.74) is 0. The van der Waals surface area contributed by atoms with E-state index in [9.17, 15) is 4.79 Å². The number of fused-ring (bicyclic) bond motifs is 9. The van der Waals surface area contributed by atoms with Crippen molar-refractivity contribution in [2.24, 2.45) is 53.3 Å². The summed E-state index contributed by atoms with van der Waals surface area (Å²) in [4.78, 5) is 12.2. The van der Waals surface area contributed by atoms with Crippen molar-refractivity contribution in [1.82, 2.24) is 0 Å². The predicted molar refractivity (Wildman–Crippen MR) is 74.7 cm³/mol. The van der Waals surface area contributed by atoms with Crippen LogP contribution in [0.1, 0.15) is 33.1 Å². The van der Waals surface area contributed by atoms with E-state index in [1.54, 1.807) is 0 Å². The maximum Gasteiger partial charge on any atom is 0.309 e. The average molecular weight is 278 g/mol. The van der Waals surface area contributed by atoms with Gasteiger partial charge in [0.05, 0.1) is 12.5 Å². The summed E-state index contributed by atoms with van der Waals surface area (Å²) in [6.45, 7) is 4.99. The Balaban J connectivity index is 1.52. The highest BCUT2D eigenvalue weighted by Crippen LogP contribution is 2.71. The van der Waals surface area contributed by atoms with E-state index in [1.165, 1.54) is 12.8 Å². The Morgan fingerprint density at radius 2 is 1.75 bits per heavy atom. The molecule has 0 saturated heterocycles. The molecule has 0 radical (unpaired) electrons. The minimum atomic E-state index is -0.0577. The second kappa shape index (κ2) is 4.46. The lowest BCUT2D eigenvalue weighted by Crippen LogP contribution is -2.41. The molecule has 0 aromatic carbocycles. The van der Waals surface area contributed by atoms with Crippen molar-refractivity contribution < 1.29 is 14.6 Å². The molecular formula is C17H26O3. The first-order valence-electron chi connectivity index (χ1n) is 8.41. The van der Waals surface area contributed by atoms with Crippen LogP contribution >= 0.6 is 0 Å². The smallest absolute Gasteiger partial charge is 0.309 e. The number of aliphatic hydroxyl groups excluding tert-OH is 1. The second-order valence-electron chi connectivity index (χ2n) is 7.83. The van der Waals surface area contributed by atoms with Gasteiger partial charge in [0.15, 0.2) is 0 Å². The van der Waals surface area contributed by atoms with Crippen LogP contribution in [0, 0.1) is 53.3 Å². The standard InChI is InChI=1S/C17H26O3/c1-8-9(2)12-7-11(8)15-10-5-13(16(12)15)14(6-10)17(19)20-4-3-18/h8-16,18H,3-7H2,1-2H3. The average Bonchev–Trinajstić information content (AvgIpc) is 3.15. The molecule has 4 rings (SSSR count). The highest BCUT2D eigenvalue weighted by atomic mass is 16.5. The van der Waals surface area contributed by atoms with Crippen LogP contribution in [0.25, 0.3) is 0 Å². The summed E-state index contributed by atoms with van der Waals surface area (Å²) in [5.74, 6) is 6.71. The zero-order valence-electron chi connectivity index (χ0n) is 12.5. The van der Waals surface area contributed by atoms with E-state index in [1.807, 2.05) is 0 Å². The quantitative estimate of drug-likeness (QED) is 0.636. The van der Waals surface area contributed by atoms with E-state index in [0.717, 1.165) is 47.8 Å². The first-order chi connectivity index (χ1) is 9.63. The molecule has 0 spiro atoms. The largest absolute Gasteiger partial charge is 0.463 e. The third kappa shape index (κ3) is 1.53. The Labute approximate surface area is 121 Å². The van der Waals surface area contributed by atoms with Crippen LogP contribution in [-0.2, 0) is 9.53 Å². The molecule has 4 fully saturated rings. The fourth-order valence-electron chi connectivity index (χ4n) is 6.75. The van der Waals surface area contributed by atoms with Crippen molar-refractivity contribution in [1.29, 1.82) is 0 Å². The van der Waals surface area contributed by atoms with Gasteiger partial charge in [-0.15, -0.1) is 0 Å². The lowest BCUT2D eigenvalue weighted by Gasteiger charge is -2.43. The molecule has 0 aliphatic heterocycles. The molecule has 4 saturated carbocycles. The van der Waals surface area contributed by atoms with E-state index >= 15 is 0 Å². The van der Waals surface area contributed by atoms with Crippen LogP contribution in [0.2, 0.25) is 0 Å². The van der Waals surface area contributed by atoms with E-state index in [0.29, 0.717) is 5.92 Å². The van der Waals surface area contributed by atoms with Gasteiger partial charge in [-0.1, -0.05) is 13.8 Å². The molecule has 4 aliphatic rings. The van der Waals surface area contributed by atoms with Crippen LogP contribution in [0.5, 0.6) is 0 Å². The maximum atomic E-state index is 12.2. The van der Waals surface area contributed by atoms with Gasteiger partial charge in [0.25, 0.3) is 0 Å². The fourth-order valence-corrected chi connectivity index (χ4v) is 6.75. The van der Waals surface area contributed by atoms with Crippen molar-refractivity contribution in [3.05, 3.63) is 0 Å². The zero-order chi connectivity index (χ0) is 14.0. The lowest BCUT2D eigenvalue weighted by molar-refractivity contribution is -0.153. The van der Waals surface area contributed by atoms with Crippen molar-refractivity contribution >= 4 is 5.97 Å². The molecule has 4 bridgehead atoms. The second-order valence-corrected chi connectivity index (χ2v) is 7.83. The molecule has 20 heavy (non-hydrogen) atoms. The Morgan fingerprint density at radius 1 is 1.05 bits per heavy atom. The Kier molecular flexibility index (Phi) is 2.93. The topological polar surface area (TPSA) is 46.5 Å². The summed E-state index contributed by atoms with van der Waals surface area (Å²) in [5, 5.41) is 8.81. The normalized spacial score (nSPS) is 55.2. The molecular weight excluding hydrogens is 252 g/mol. The molecule has 0 aromatic rings. The first-order valence-corrected chi connectivity index (χ1v) is 8.41. The van der Waals surface area contributed by atoms with Crippen LogP contribution in [-0.4, -0.2) is 24.3 Å². The van der Waals surface area contributed by atoms with E-state index in [2.05, 4.69) is 13.8 Å². The summed E-state index contributed by atoms with van der Waals surface area (Å²) in [6.07, 6.45) is 3.74. The Hall–Kier alpha value is -0.570. The van der Waals surface area contributed by atoms with Crippen molar-refractivity contribution in [2.45, 2.75) is 33.1 Å². The number of carbonyl (C=O) groups is 1. The van der Waals surface area contributed by atoms with Crippen LogP contribution in [0.15, 0.2) is 0 Å². The minimum absolute atomic E-state index is 0.0338. The SMILES string of the molecule is CC1C(C)C2CC1C1C3CC(C(=O)OCCO)C(C3)C21. The molecule has 0 heterocycles. The number of hydrogen-bond acceptors (Lipinski definition) is 3. The number of aliphatic hydroxyl groups is 1. The first kappa shape index (κ1) is 13.1. The van der Waals surface area contributed by atoms with Crippen molar-refractivity contribution in [3.63, 3.8) is 0 Å². The lowest BCUT2D eigenvalue weighted by atomic mass is 9.62. The van der Waals surface area contributed by atoms with E-state index in [-0.39, 0.29) is 25.1 Å². The van der Waals surface area contributed by atoms with Gasteiger partial charge in [0.1, 0.15) is 6.61 Å². The summed E-state index contributed by atoms with van der Waals surface area (Å²) >= 11 is 0. The highest BCUT2D eigenvalue weighted by molar-refractivity contribution is 5.73.